The van der Waals surface area contributed by atoms with E-state index >= 15 is 0 Å². The van der Waals surface area contributed by atoms with E-state index in [0.29, 0.717) is 24.7 Å². The van der Waals surface area contributed by atoms with E-state index in [0.717, 1.165) is 25.0 Å². The van der Waals surface area contributed by atoms with Crippen molar-refractivity contribution in [2.75, 3.05) is 11.9 Å². The Kier molecular flexibility index (Phi) is 8.06. The van der Waals surface area contributed by atoms with E-state index in [4.69, 9.17) is 9.88 Å². The van der Waals surface area contributed by atoms with Crippen molar-refractivity contribution in [3.63, 3.8) is 0 Å². The lowest BCUT2D eigenvalue weighted by Crippen LogP contribution is -2.45. The summed E-state index contributed by atoms with van der Waals surface area (Å²) < 4.78 is 29.1. The zero-order valence-corrected chi connectivity index (χ0v) is 22.0. The van der Waals surface area contributed by atoms with Crippen molar-refractivity contribution in [3.05, 3.63) is 48.3 Å². The summed E-state index contributed by atoms with van der Waals surface area (Å²) in [6.45, 7) is 10.4. The second-order valence-electron chi connectivity index (χ2n) is 10.8. The number of amides is 1. The first-order chi connectivity index (χ1) is 16.2. The molecule has 1 aliphatic heterocycles. The second-order valence-corrected chi connectivity index (χ2v) is 12.3. The number of likely N-dealkylation sites (tertiary alicyclic amines) is 1. The molecule has 0 radical (unpaired) electrons. The van der Waals surface area contributed by atoms with Gasteiger partial charge < -0.3 is 15.0 Å². The first kappa shape index (κ1) is 26.9. The molecule has 10 heteroatoms. The van der Waals surface area contributed by atoms with Crippen LogP contribution in [0.3, 0.4) is 0 Å². The molecule has 9 nitrogen and oxygen atoms in total. The number of hydrogen-bond acceptors (Lipinski definition) is 7. The third-order valence-electron chi connectivity index (χ3n) is 6.05. The van der Waals surface area contributed by atoms with Gasteiger partial charge in [0.25, 0.3) is 10.0 Å². The monoisotopic (exact) mass is 503 g/mol. The zero-order valence-electron chi connectivity index (χ0n) is 21.2. The number of primary sulfonamides is 1. The van der Waals surface area contributed by atoms with Crippen LogP contribution in [0.2, 0.25) is 0 Å². The third-order valence-corrected chi connectivity index (χ3v) is 6.86. The maximum absolute atomic E-state index is 12.8. The third kappa shape index (κ3) is 7.90. The predicted molar refractivity (Wildman–Crippen MR) is 135 cm³/mol. The Hall–Kier alpha value is -2.72. The van der Waals surface area contributed by atoms with Crippen LogP contribution in [0.5, 0.6) is 0 Å². The lowest BCUT2D eigenvalue weighted by atomic mass is 9.91. The topological polar surface area (TPSA) is 128 Å². The van der Waals surface area contributed by atoms with Gasteiger partial charge in [-0.3, -0.25) is 4.98 Å². The fraction of sp³-hybridized carbons (Fsp3) is 0.560. The summed E-state index contributed by atoms with van der Waals surface area (Å²) in [5, 5.41) is 8.45. The van der Waals surface area contributed by atoms with E-state index < -0.39 is 15.6 Å². The first-order valence-corrected chi connectivity index (χ1v) is 13.4. The number of anilines is 1. The van der Waals surface area contributed by atoms with Gasteiger partial charge >= 0.3 is 6.09 Å². The van der Waals surface area contributed by atoms with E-state index in [1.54, 1.807) is 18.3 Å². The highest BCUT2D eigenvalue weighted by atomic mass is 32.2. The molecule has 2 atom stereocenters. The summed E-state index contributed by atoms with van der Waals surface area (Å²) in [5.41, 5.74) is 0.0961. The van der Waals surface area contributed by atoms with Crippen molar-refractivity contribution in [1.82, 2.24) is 14.9 Å². The van der Waals surface area contributed by atoms with E-state index in [1.807, 2.05) is 43.9 Å². The minimum atomic E-state index is -3.90. The van der Waals surface area contributed by atoms with Crippen LogP contribution in [0.15, 0.2) is 47.6 Å². The molecule has 3 heterocycles. The summed E-state index contributed by atoms with van der Waals surface area (Å²) in [4.78, 5) is 23.2. The summed E-state index contributed by atoms with van der Waals surface area (Å²) in [7, 11) is -3.90. The lowest BCUT2D eigenvalue weighted by molar-refractivity contribution is 0.0131. The van der Waals surface area contributed by atoms with E-state index in [-0.39, 0.29) is 22.7 Å². The van der Waals surface area contributed by atoms with Crippen LogP contribution in [-0.4, -0.2) is 53.1 Å². The van der Waals surface area contributed by atoms with Crippen LogP contribution in [0.4, 0.5) is 10.6 Å². The summed E-state index contributed by atoms with van der Waals surface area (Å²) in [6.07, 6.45) is 4.67. The molecule has 1 unspecified atom stereocenters. The van der Waals surface area contributed by atoms with Crippen molar-refractivity contribution in [2.45, 2.75) is 82.5 Å². The Labute approximate surface area is 208 Å². The van der Waals surface area contributed by atoms with Gasteiger partial charge in [0.15, 0.2) is 5.03 Å². The number of ether oxygens (including phenoxy) is 1. The number of nitrogens with two attached hydrogens (primary N) is 1. The van der Waals surface area contributed by atoms with E-state index in [9.17, 15) is 13.2 Å². The fourth-order valence-corrected chi connectivity index (χ4v) is 5.01. The summed E-state index contributed by atoms with van der Waals surface area (Å²) in [5.74, 6) is 0.758. The first-order valence-electron chi connectivity index (χ1n) is 11.9. The lowest BCUT2D eigenvalue weighted by Gasteiger charge is -2.33. The number of sulfonamides is 1. The molecular weight excluding hydrogens is 466 g/mol. The SMILES string of the molecule is CC(C)(C)OC(=O)N1C[C@@H](CCC(Cc2ccccn2)Nc2cccc(S(N)(=O)=O)n2)CC1(C)C. The number of aromatic nitrogens is 2. The maximum Gasteiger partial charge on any atom is 0.410 e. The number of rotatable bonds is 8. The van der Waals surface area contributed by atoms with Gasteiger partial charge in [0, 0.05) is 36.4 Å². The highest BCUT2D eigenvalue weighted by molar-refractivity contribution is 7.89. The van der Waals surface area contributed by atoms with Crippen molar-refractivity contribution in [2.24, 2.45) is 11.1 Å². The van der Waals surface area contributed by atoms with Crippen molar-refractivity contribution >= 4 is 21.9 Å². The average molecular weight is 504 g/mol. The van der Waals surface area contributed by atoms with Gasteiger partial charge in [-0.2, -0.15) is 0 Å². The van der Waals surface area contributed by atoms with Crippen molar-refractivity contribution in [3.8, 4) is 0 Å². The number of carbonyl (C=O) groups is 1. The van der Waals surface area contributed by atoms with Gasteiger partial charge in [0.2, 0.25) is 0 Å². The Balaban J connectivity index is 1.71. The van der Waals surface area contributed by atoms with Gasteiger partial charge in [0.1, 0.15) is 11.4 Å². The molecule has 3 rings (SSSR count). The predicted octanol–water partition coefficient (Wildman–Crippen LogP) is 3.96. The summed E-state index contributed by atoms with van der Waals surface area (Å²) >= 11 is 0. The zero-order chi connectivity index (χ0) is 25.9. The molecule has 192 valence electrons. The highest BCUT2D eigenvalue weighted by Crippen LogP contribution is 2.36. The summed E-state index contributed by atoms with van der Waals surface area (Å²) in [6, 6.07) is 10.5. The van der Waals surface area contributed by atoms with Gasteiger partial charge in [-0.1, -0.05) is 12.1 Å². The Bertz CT molecular complexity index is 1120. The van der Waals surface area contributed by atoms with Crippen LogP contribution >= 0.6 is 0 Å². The normalized spacial score (nSPS) is 18.8. The largest absolute Gasteiger partial charge is 0.444 e. The molecule has 1 aliphatic rings. The Morgan fingerprint density at radius 2 is 2.00 bits per heavy atom. The number of nitrogens with one attached hydrogen (secondary N) is 1. The van der Waals surface area contributed by atoms with Gasteiger partial charge in [-0.15, -0.1) is 0 Å². The van der Waals surface area contributed by atoms with Crippen molar-refractivity contribution in [1.29, 1.82) is 0 Å². The Morgan fingerprint density at radius 1 is 1.26 bits per heavy atom. The number of hydrogen-bond donors (Lipinski definition) is 2. The quantitative estimate of drug-likeness (QED) is 0.558. The minimum Gasteiger partial charge on any atom is -0.444 e. The maximum atomic E-state index is 12.8. The molecule has 35 heavy (non-hydrogen) atoms. The number of pyridine rings is 2. The minimum absolute atomic E-state index is 0.0354. The smallest absolute Gasteiger partial charge is 0.410 e. The molecule has 3 N–H and O–H groups in total. The number of nitrogens with zero attached hydrogens (tertiary/aromatic N) is 3. The highest BCUT2D eigenvalue weighted by Gasteiger charge is 2.42. The molecule has 0 aromatic carbocycles. The second kappa shape index (κ2) is 10.5. The van der Waals surface area contributed by atoms with Gasteiger partial charge in [-0.25, -0.2) is 23.3 Å². The molecule has 0 bridgehead atoms. The van der Waals surface area contributed by atoms with Crippen molar-refractivity contribution < 1.29 is 17.9 Å². The molecule has 0 spiro atoms. The van der Waals surface area contributed by atoms with Crippen LogP contribution in [0, 0.1) is 5.92 Å². The molecule has 2 aromatic rings. The fourth-order valence-electron chi connectivity index (χ4n) is 4.51. The molecular formula is C25H37N5O4S. The van der Waals surface area contributed by atoms with Gasteiger partial charge in [0.05, 0.1) is 0 Å². The standard InChI is InChI=1S/C25H37N5O4S/c1-24(2,3)34-23(31)30-17-18(16-25(30,4)5)12-13-20(15-19-9-6-7-14-27-19)28-21-10-8-11-22(29-21)35(26,32)33/h6-11,14,18,20H,12-13,15-17H2,1-5H3,(H,28,29)(H2,26,32,33)/t18-,20?/m0/s1. The van der Waals surface area contributed by atoms with Crippen LogP contribution in [-0.2, 0) is 21.2 Å². The Morgan fingerprint density at radius 3 is 2.63 bits per heavy atom. The molecule has 2 aromatic heterocycles. The molecule has 1 fully saturated rings. The van der Waals surface area contributed by atoms with Gasteiger partial charge in [-0.05, 0) is 84.1 Å². The van der Waals surface area contributed by atoms with Crippen LogP contribution in [0.1, 0.15) is 59.6 Å². The van der Waals surface area contributed by atoms with Crippen LogP contribution in [0.25, 0.3) is 0 Å². The molecule has 0 aliphatic carbocycles. The molecule has 1 amide bonds. The van der Waals surface area contributed by atoms with E-state index in [1.165, 1.54) is 6.07 Å². The number of carbonyl (C=O) groups excluding carboxylic acids is 1. The average Bonchev–Trinajstić information content (AvgIpc) is 3.05. The molecule has 0 saturated carbocycles. The van der Waals surface area contributed by atoms with E-state index in [2.05, 4.69) is 29.1 Å². The molecule has 1 saturated heterocycles. The van der Waals surface area contributed by atoms with Crippen LogP contribution < -0.4 is 10.5 Å².